The van der Waals surface area contributed by atoms with E-state index in [0.29, 0.717) is 5.82 Å². The van der Waals surface area contributed by atoms with Crippen LogP contribution in [0.3, 0.4) is 0 Å². The number of nitrogens with one attached hydrogen (secondary N) is 2. The molecule has 1 atom stereocenters. The third-order valence-electron chi connectivity index (χ3n) is 3.62. The fraction of sp³-hybridized carbons (Fsp3) is 0.333. The Morgan fingerprint density at radius 2 is 1.95 bits per heavy atom. The molecule has 3 N–H and O–H groups in total. The Morgan fingerprint density at radius 3 is 2.64 bits per heavy atom. The third kappa shape index (κ3) is 2.75. The molecule has 0 aliphatic carbocycles. The number of nitrogens with zero attached hydrogens (tertiary/aromatic N) is 4. The predicted molar refractivity (Wildman–Crippen MR) is 84.2 cm³/mol. The zero-order valence-corrected chi connectivity index (χ0v) is 12.5. The highest BCUT2D eigenvalue weighted by atomic mass is 16.3. The average molecular weight is 298 g/mol. The van der Waals surface area contributed by atoms with Crippen molar-refractivity contribution in [2.75, 3.05) is 11.9 Å². The highest BCUT2D eigenvalue weighted by Gasteiger charge is 2.16. The van der Waals surface area contributed by atoms with Crippen LogP contribution in [0.5, 0.6) is 0 Å². The summed E-state index contributed by atoms with van der Waals surface area (Å²) in [6, 6.07) is 1.90. The van der Waals surface area contributed by atoms with Crippen LogP contribution in [0.25, 0.3) is 22.3 Å². The third-order valence-corrected chi connectivity index (χ3v) is 3.62. The lowest BCUT2D eigenvalue weighted by atomic mass is 10.1. The number of aliphatic hydroxyl groups excluding tert-OH is 1. The van der Waals surface area contributed by atoms with Gasteiger partial charge in [0, 0.05) is 18.0 Å². The minimum atomic E-state index is -0.0588. The normalized spacial score (nSPS) is 12.7. The number of rotatable bonds is 5. The largest absolute Gasteiger partial charge is 0.394 e. The summed E-state index contributed by atoms with van der Waals surface area (Å²) >= 11 is 0. The minimum Gasteiger partial charge on any atom is -0.394 e. The van der Waals surface area contributed by atoms with E-state index in [4.69, 9.17) is 0 Å². The second kappa shape index (κ2) is 6.07. The molecule has 114 valence electrons. The van der Waals surface area contributed by atoms with Crippen LogP contribution in [0, 0.1) is 5.92 Å². The number of hydrogen-bond donors (Lipinski definition) is 3. The van der Waals surface area contributed by atoms with E-state index in [1.807, 2.05) is 6.07 Å². The summed E-state index contributed by atoms with van der Waals surface area (Å²) in [7, 11) is 0. The van der Waals surface area contributed by atoms with Gasteiger partial charge in [-0.3, -0.25) is 0 Å². The van der Waals surface area contributed by atoms with Crippen molar-refractivity contribution < 1.29 is 5.11 Å². The van der Waals surface area contributed by atoms with E-state index in [2.05, 4.69) is 44.1 Å². The van der Waals surface area contributed by atoms with Gasteiger partial charge in [0.15, 0.2) is 0 Å². The summed E-state index contributed by atoms with van der Waals surface area (Å²) in [6.45, 7) is 4.15. The van der Waals surface area contributed by atoms with E-state index in [1.165, 1.54) is 12.7 Å². The fourth-order valence-electron chi connectivity index (χ4n) is 2.25. The molecule has 0 fully saturated rings. The molecule has 3 aromatic heterocycles. The van der Waals surface area contributed by atoms with E-state index in [0.717, 1.165) is 22.3 Å². The molecule has 0 saturated carbocycles. The molecule has 0 aliphatic rings. The van der Waals surface area contributed by atoms with Crippen molar-refractivity contribution in [2.24, 2.45) is 5.92 Å². The molecule has 0 radical (unpaired) electrons. The molecule has 22 heavy (non-hydrogen) atoms. The van der Waals surface area contributed by atoms with Gasteiger partial charge < -0.3 is 15.4 Å². The van der Waals surface area contributed by atoms with Crippen LogP contribution in [0.2, 0.25) is 0 Å². The first-order valence-electron chi connectivity index (χ1n) is 7.15. The Hall–Kier alpha value is -2.54. The first-order chi connectivity index (χ1) is 10.7. The molecule has 7 heteroatoms. The van der Waals surface area contributed by atoms with Gasteiger partial charge in [-0.2, -0.15) is 0 Å². The summed E-state index contributed by atoms with van der Waals surface area (Å²) in [5.74, 6) is 0.994. The SMILES string of the molecule is CC(C)C(CO)Nc1ncnc2[nH]c(-c3cncnc3)cc12. The lowest BCUT2D eigenvalue weighted by molar-refractivity contribution is 0.249. The quantitative estimate of drug-likeness (QED) is 0.664. The van der Waals surface area contributed by atoms with Crippen molar-refractivity contribution >= 4 is 16.9 Å². The maximum Gasteiger partial charge on any atom is 0.143 e. The standard InChI is InChI=1S/C15H18N6O/c1-9(2)13(6-22)21-15-11-3-12(10-4-16-7-17-5-10)20-14(11)18-8-19-15/h3-5,7-9,13,22H,6H2,1-2H3,(H2,18,19,20,21). The van der Waals surface area contributed by atoms with Gasteiger partial charge in [0.25, 0.3) is 0 Å². The van der Waals surface area contributed by atoms with Gasteiger partial charge >= 0.3 is 0 Å². The number of hydrogen-bond acceptors (Lipinski definition) is 6. The molecule has 0 aromatic carbocycles. The van der Waals surface area contributed by atoms with E-state index < -0.39 is 0 Å². The van der Waals surface area contributed by atoms with Crippen LogP contribution < -0.4 is 5.32 Å². The highest BCUT2D eigenvalue weighted by molar-refractivity contribution is 5.91. The molecule has 1 unspecified atom stereocenters. The van der Waals surface area contributed by atoms with Crippen molar-refractivity contribution in [3.8, 4) is 11.3 Å². The lowest BCUT2D eigenvalue weighted by Gasteiger charge is -2.20. The summed E-state index contributed by atoms with van der Waals surface area (Å²) in [5.41, 5.74) is 2.50. The van der Waals surface area contributed by atoms with Crippen LogP contribution in [0.1, 0.15) is 13.8 Å². The van der Waals surface area contributed by atoms with Crippen molar-refractivity contribution in [3.05, 3.63) is 31.1 Å². The van der Waals surface area contributed by atoms with Gasteiger partial charge in [-0.1, -0.05) is 13.8 Å². The monoisotopic (exact) mass is 298 g/mol. The Kier molecular flexibility index (Phi) is 3.97. The second-order valence-electron chi connectivity index (χ2n) is 5.47. The van der Waals surface area contributed by atoms with Crippen molar-refractivity contribution in [1.82, 2.24) is 24.9 Å². The van der Waals surface area contributed by atoms with Gasteiger partial charge in [-0.05, 0) is 12.0 Å². The van der Waals surface area contributed by atoms with Crippen LogP contribution in [-0.2, 0) is 0 Å². The van der Waals surface area contributed by atoms with Gasteiger partial charge in [0.1, 0.15) is 24.1 Å². The zero-order chi connectivity index (χ0) is 15.5. The van der Waals surface area contributed by atoms with Crippen molar-refractivity contribution in [3.63, 3.8) is 0 Å². The van der Waals surface area contributed by atoms with Crippen LogP contribution in [-0.4, -0.2) is 42.7 Å². The lowest BCUT2D eigenvalue weighted by Crippen LogP contribution is -2.29. The number of aromatic nitrogens is 5. The molecule has 7 nitrogen and oxygen atoms in total. The average Bonchev–Trinajstić information content (AvgIpc) is 2.98. The van der Waals surface area contributed by atoms with Crippen LogP contribution in [0.4, 0.5) is 5.82 Å². The molecular formula is C15H18N6O. The Balaban J connectivity index is 2.00. The molecule has 0 aliphatic heterocycles. The van der Waals surface area contributed by atoms with E-state index in [1.54, 1.807) is 12.4 Å². The fourth-order valence-corrected chi connectivity index (χ4v) is 2.25. The maximum absolute atomic E-state index is 9.48. The minimum absolute atomic E-state index is 0.0486. The molecule has 3 heterocycles. The summed E-state index contributed by atoms with van der Waals surface area (Å²) < 4.78 is 0. The van der Waals surface area contributed by atoms with E-state index in [-0.39, 0.29) is 18.6 Å². The summed E-state index contributed by atoms with van der Waals surface area (Å²) in [6.07, 6.45) is 6.47. The topological polar surface area (TPSA) is 99.6 Å². The number of aromatic amines is 1. The molecule has 0 spiro atoms. The van der Waals surface area contributed by atoms with Crippen LogP contribution in [0.15, 0.2) is 31.1 Å². The van der Waals surface area contributed by atoms with Gasteiger partial charge in [-0.15, -0.1) is 0 Å². The van der Waals surface area contributed by atoms with E-state index >= 15 is 0 Å². The number of H-pyrrole nitrogens is 1. The Morgan fingerprint density at radius 1 is 1.18 bits per heavy atom. The van der Waals surface area contributed by atoms with Crippen LogP contribution >= 0.6 is 0 Å². The molecular weight excluding hydrogens is 280 g/mol. The molecule has 3 aromatic rings. The molecule has 0 amide bonds. The molecule has 0 bridgehead atoms. The van der Waals surface area contributed by atoms with Gasteiger partial charge in [0.2, 0.25) is 0 Å². The Labute approximate surface area is 127 Å². The smallest absolute Gasteiger partial charge is 0.143 e. The summed E-state index contributed by atoms with van der Waals surface area (Å²) in [5, 5.41) is 13.6. The number of aliphatic hydroxyl groups is 1. The molecule has 0 saturated heterocycles. The van der Waals surface area contributed by atoms with Crippen molar-refractivity contribution in [1.29, 1.82) is 0 Å². The first-order valence-corrected chi connectivity index (χ1v) is 7.15. The van der Waals surface area contributed by atoms with Gasteiger partial charge in [-0.25, -0.2) is 19.9 Å². The summed E-state index contributed by atoms with van der Waals surface area (Å²) in [4.78, 5) is 19.8. The second-order valence-corrected chi connectivity index (χ2v) is 5.47. The maximum atomic E-state index is 9.48. The van der Waals surface area contributed by atoms with E-state index in [9.17, 15) is 5.11 Å². The van der Waals surface area contributed by atoms with Gasteiger partial charge in [0.05, 0.1) is 23.7 Å². The van der Waals surface area contributed by atoms with Crippen molar-refractivity contribution in [2.45, 2.75) is 19.9 Å². The molecule has 3 rings (SSSR count). The number of anilines is 1. The Bertz CT molecular complexity index is 755. The predicted octanol–water partition coefficient (Wildman–Crippen LogP) is 1.84. The zero-order valence-electron chi connectivity index (χ0n) is 12.5. The first kappa shape index (κ1) is 14.4. The number of fused-ring (bicyclic) bond motifs is 1. The highest BCUT2D eigenvalue weighted by Crippen LogP contribution is 2.26.